The molecule has 0 atom stereocenters. The largest absolute Gasteiger partial charge is 0.490 e. The van der Waals surface area contributed by atoms with Crippen molar-refractivity contribution in [3.63, 3.8) is 0 Å². The van der Waals surface area contributed by atoms with Gasteiger partial charge in [0.2, 0.25) is 0 Å². The highest BCUT2D eigenvalue weighted by Crippen LogP contribution is 2.26. The molecule has 3 rings (SSSR count). The topological polar surface area (TPSA) is 62.3 Å². The fourth-order valence-electron chi connectivity index (χ4n) is 3.32. The lowest BCUT2D eigenvalue weighted by Gasteiger charge is -2.34. The monoisotopic (exact) mass is 411 g/mol. The molecule has 0 aromatic heterocycles. The number of anilines is 1. The van der Waals surface area contributed by atoms with Crippen LogP contribution in [0.15, 0.2) is 48.5 Å². The van der Waals surface area contributed by atoms with Crippen LogP contribution in [0.2, 0.25) is 0 Å². The van der Waals surface area contributed by atoms with Crippen molar-refractivity contribution in [1.82, 2.24) is 9.80 Å². The smallest absolute Gasteiger partial charge is 0.260 e. The maximum Gasteiger partial charge on any atom is 0.260 e. The molecule has 1 heterocycles. The zero-order valence-electron chi connectivity index (χ0n) is 17.8. The van der Waals surface area contributed by atoms with E-state index in [0.717, 1.165) is 5.69 Å². The Kier molecular flexibility index (Phi) is 7.17. The molecule has 1 fully saturated rings. The number of para-hydroxylation sites is 2. The first kappa shape index (κ1) is 21.5. The second-order valence-electron chi connectivity index (χ2n) is 7.28. The van der Waals surface area contributed by atoms with Crippen LogP contribution in [0.1, 0.15) is 17.3 Å². The van der Waals surface area contributed by atoms with E-state index in [9.17, 15) is 9.59 Å². The zero-order valence-corrected chi connectivity index (χ0v) is 17.8. The van der Waals surface area contributed by atoms with E-state index in [1.54, 1.807) is 15.9 Å². The first-order valence-electron chi connectivity index (χ1n) is 10.2. The molecule has 7 heteroatoms. The van der Waals surface area contributed by atoms with Crippen LogP contribution < -0.4 is 14.4 Å². The number of carbonyl (C=O) groups is 2. The lowest BCUT2D eigenvalue weighted by molar-refractivity contribution is -0.134. The summed E-state index contributed by atoms with van der Waals surface area (Å²) in [6, 6.07) is 14.9. The lowest BCUT2D eigenvalue weighted by Crippen LogP contribution is -2.51. The molecule has 0 radical (unpaired) electrons. The second-order valence-corrected chi connectivity index (χ2v) is 7.28. The van der Waals surface area contributed by atoms with Gasteiger partial charge < -0.3 is 24.2 Å². The predicted molar refractivity (Wildman–Crippen MR) is 116 cm³/mol. The summed E-state index contributed by atoms with van der Waals surface area (Å²) < 4.78 is 11.2. The summed E-state index contributed by atoms with van der Waals surface area (Å²) in [7, 11) is 3.93. The number of carbonyl (C=O) groups excluding carboxylic acids is 2. The highest BCUT2D eigenvalue weighted by Gasteiger charge is 2.25. The molecule has 1 aliphatic rings. The standard InChI is InChI=1S/C23H29N3O4/c1-4-29-20-7-5-6-8-21(20)30-17-22(27)25-13-15-26(16-14-25)23(28)18-9-11-19(12-10-18)24(2)3/h5-12H,4,13-17H2,1-3H3. The van der Waals surface area contributed by atoms with E-state index in [0.29, 0.717) is 49.8 Å². The Morgan fingerprint density at radius 3 is 2.00 bits per heavy atom. The fourth-order valence-corrected chi connectivity index (χ4v) is 3.32. The Labute approximate surface area is 177 Å². The van der Waals surface area contributed by atoms with Gasteiger partial charge in [-0.3, -0.25) is 9.59 Å². The molecule has 2 amide bonds. The first-order chi connectivity index (χ1) is 14.5. The van der Waals surface area contributed by atoms with Crippen LogP contribution in [0.3, 0.4) is 0 Å². The van der Waals surface area contributed by atoms with Crippen molar-refractivity contribution in [2.75, 3.05) is 58.4 Å². The third kappa shape index (κ3) is 5.23. The van der Waals surface area contributed by atoms with Crippen LogP contribution >= 0.6 is 0 Å². The number of rotatable bonds is 7. The molecular weight excluding hydrogens is 382 g/mol. The third-order valence-corrected chi connectivity index (χ3v) is 5.05. The molecule has 0 spiro atoms. The van der Waals surface area contributed by atoms with Gasteiger partial charge >= 0.3 is 0 Å². The first-order valence-corrected chi connectivity index (χ1v) is 10.2. The maximum absolute atomic E-state index is 12.7. The molecule has 0 saturated carbocycles. The molecule has 2 aromatic rings. The van der Waals surface area contributed by atoms with Gasteiger partial charge in [-0.1, -0.05) is 12.1 Å². The number of piperazine rings is 1. The zero-order chi connectivity index (χ0) is 21.5. The molecule has 160 valence electrons. The van der Waals surface area contributed by atoms with E-state index in [2.05, 4.69) is 0 Å². The quantitative estimate of drug-likeness (QED) is 0.701. The van der Waals surface area contributed by atoms with E-state index >= 15 is 0 Å². The predicted octanol–water partition coefficient (Wildman–Crippen LogP) is 2.51. The van der Waals surface area contributed by atoms with Gasteiger partial charge in [-0.25, -0.2) is 0 Å². The van der Waals surface area contributed by atoms with Gasteiger partial charge in [0.25, 0.3) is 11.8 Å². The van der Waals surface area contributed by atoms with Crippen LogP contribution in [0, 0.1) is 0 Å². The molecule has 30 heavy (non-hydrogen) atoms. The van der Waals surface area contributed by atoms with Crippen LogP contribution in [0.25, 0.3) is 0 Å². The molecule has 7 nitrogen and oxygen atoms in total. The molecule has 2 aromatic carbocycles. The molecule has 1 saturated heterocycles. The van der Waals surface area contributed by atoms with Crippen molar-refractivity contribution in [3.05, 3.63) is 54.1 Å². The van der Waals surface area contributed by atoms with Crippen molar-refractivity contribution in [1.29, 1.82) is 0 Å². The summed E-state index contributed by atoms with van der Waals surface area (Å²) in [6.45, 7) is 4.39. The van der Waals surface area contributed by atoms with Crippen LogP contribution in [-0.4, -0.2) is 75.1 Å². The fraction of sp³-hybridized carbons (Fsp3) is 0.391. The van der Waals surface area contributed by atoms with Crippen LogP contribution in [0.4, 0.5) is 5.69 Å². The minimum atomic E-state index is -0.0938. The molecule has 0 N–H and O–H groups in total. The lowest BCUT2D eigenvalue weighted by atomic mass is 10.1. The Morgan fingerprint density at radius 2 is 1.43 bits per heavy atom. The van der Waals surface area contributed by atoms with Crippen molar-refractivity contribution in [2.24, 2.45) is 0 Å². The van der Waals surface area contributed by atoms with Crippen molar-refractivity contribution in [2.45, 2.75) is 6.92 Å². The summed E-state index contributed by atoms with van der Waals surface area (Å²) in [5.74, 6) is 1.09. The van der Waals surface area contributed by atoms with Crippen molar-refractivity contribution < 1.29 is 19.1 Å². The van der Waals surface area contributed by atoms with Gasteiger partial charge in [-0.05, 0) is 43.3 Å². The second kappa shape index (κ2) is 10.0. The van der Waals surface area contributed by atoms with Gasteiger partial charge in [0.1, 0.15) is 0 Å². The number of hydrogen-bond acceptors (Lipinski definition) is 5. The highest BCUT2D eigenvalue weighted by atomic mass is 16.5. The Hall–Kier alpha value is -3.22. The van der Waals surface area contributed by atoms with E-state index in [4.69, 9.17) is 9.47 Å². The summed E-state index contributed by atoms with van der Waals surface area (Å²) >= 11 is 0. The van der Waals surface area contributed by atoms with Gasteiger partial charge in [0.05, 0.1) is 6.61 Å². The Morgan fingerprint density at radius 1 is 0.867 bits per heavy atom. The van der Waals surface area contributed by atoms with Crippen LogP contribution in [-0.2, 0) is 4.79 Å². The van der Waals surface area contributed by atoms with E-state index < -0.39 is 0 Å². The van der Waals surface area contributed by atoms with Gasteiger partial charge in [-0.15, -0.1) is 0 Å². The third-order valence-electron chi connectivity index (χ3n) is 5.05. The summed E-state index contributed by atoms with van der Waals surface area (Å²) in [5.41, 5.74) is 1.71. The molecular formula is C23H29N3O4. The maximum atomic E-state index is 12.7. The molecule has 0 aliphatic carbocycles. The average Bonchev–Trinajstić information content (AvgIpc) is 2.78. The summed E-state index contributed by atoms with van der Waals surface area (Å²) in [4.78, 5) is 30.8. The number of ether oxygens (including phenoxy) is 2. The van der Waals surface area contributed by atoms with E-state index in [1.807, 2.05) is 68.4 Å². The van der Waals surface area contributed by atoms with Crippen LogP contribution in [0.5, 0.6) is 11.5 Å². The highest BCUT2D eigenvalue weighted by molar-refractivity contribution is 5.94. The number of benzene rings is 2. The van der Waals surface area contributed by atoms with Crippen molar-refractivity contribution >= 4 is 17.5 Å². The van der Waals surface area contributed by atoms with Gasteiger partial charge in [-0.2, -0.15) is 0 Å². The van der Waals surface area contributed by atoms with E-state index in [-0.39, 0.29) is 18.4 Å². The Balaban J connectivity index is 1.50. The molecule has 0 bridgehead atoms. The van der Waals surface area contributed by atoms with E-state index in [1.165, 1.54) is 0 Å². The number of amides is 2. The number of nitrogens with zero attached hydrogens (tertiary/aromatic N) is 3. The summed E-state index contributed by atoms with van der Waals surface area (Å²) in [5, 5.41) is 0. The van der Waals surface area contributed by atoms with Gasteiger partial charge in [0.15, 0.2) is 18.1 Å². The minimum absolute atomic E-state index is 0.00528. The average molecular weight is 412 g/mol. The SMILES string of the molecule is CCOc1ccccc1OCC(=O)N1CCN(C(=O)c2ccc(N(C)C)cc2)CC1. The minimum Gasteiger partial charge on any atom is -0.490 e. The normalized spacial score (nSPS) is 13.7. The van der Waals surface area contributed by atoms with Crippen molar-refractivity contribution in [3.8, 4) is 11.5 Å². The molecule has 0 unspecified atom stereocenters. The number of hydrogen-bond donors (Lipinski definition) is 0. The Bertz CT molecular complexity index is 859. The molecule has 1 aliphatic heterocycles. The summed E-state index contributed by atoms with van der Waals surface area (Å²) in [6.07, 6.45) is 0. The van der Waals surface area contributed by atoms with Gasteiger partial charge in [0, 0.05) is 51.5 Å².